The second-order valence-electron chi connectivity index (χ2n) is 6.49. The van der Waals surface area contributed by atoms with E-state index in [4.69, 9.17) is 0 Å². The zero-order chi connectivity index (χ0) is 16.9. The molecule has 0 aromatic heterocycles. The van der Waals surface area contributed by atoms with E-state index in [0.717, 1.165) is 18.4 Å². The van der Waals surface area contributed by atoms with Crippen molar-refractivity contribution < 1.29 is 13.2 Å². The zero-order valence-electron chi connectivity index (χ0n) is 14.1. The predicted octanol–water partition coefficient (Wildman–Crippen LogP) is 2.74. The molecular formula is C18H27NO3S. The van der Waals surface area contributed by atoms with Gasteiger partial charge < -0.3 is 4.90 Å². The van der Waals surface area contributed by atoms with E-state index in [2.05, 4.69) is 13.0 Å². The Morgan fingerprint density at radius 2 is 2.13 bits per heavy atom. The number of unbranched alkanes of at least 4 members (excludes halogenated alkanes) is 1. The van der Waals surface area contributed by atoms with Crippen molar-refractivity contribution >= 4 is 15.7 Å². The average molecular weight is 337 g/mol. The van der Waals surface area contributed by atoms with Gasteiger partial charge in [-0.3, -0.25) is 4.79 Å². The van der Waals surface area contributed by atoms with Gasteiger partial charge in [-0.2, -0.15) is 0 Å². The van der Waals surface area contributed by atoms with Crippen LogP contribution in [0.2, 0.25) is 0 Å². The molecule has 1 aliphatic heterocycles. The number of amides is 1. The number of hydrogen-bond acceptors (Lipinski definition) is 3. The van der Waals surface area contributed by atoms with Gasteiger partial charge in [0.1, 0.15) is 0 Å². The summed E-state index contributed by atoms with van der Waals surface area (Å²) in [6, 6.07) is 8.06. The van der Waals surface area contributed by atoms with E-state index in [1.54, 1.807) is 0 Å². The lowest BCUT2D eigenvalue weighted by Gasteiger charge is -2.28. The molecule has 1 unspecified atom stereocenters. The first kappa shape index (κ1) is 18.0. The monoisotopic (exact) mass is 337 g/mol. The second-order valence-corrected chi connectivity index (χ2v) is 8.72. The molecule has 4 nitrogen and oxygen atoms in total. The van der Waals surface area contributed by atoms with E-state index in [0.29, 0.717) is 25.8 Å². The standard InChI is InChI=1S/C18H27NO3S/c1-3-4-11-19(17-10-12-23(21,22)14-17)18(20)9-8-16-7-5-6-15(2)13-16/h5-7,13,17H,3-4,8-12,14H2,1-2H3. The number of carbonyl (C=O) groups is 1. The molecule has 0 bridgehead atoms. The van der Waals surface area contributed by atoms with Crippen LogP contribution in [0.1, 0.15) is 43.7 Å². The van der Waals surface area contributed by atoms with Crippen LogP contribution >= 0.6 is 0 Å². The molecule has 2 rings (SSSR count). The number of carbonyl (C=O) groups excluding carboxylic acids is 1. The van der Waals surface area contributed by atoms with Crippen molar-refractivity contribution in [3.05, 3.63) is 35.4 Å². The fourth-order valence-electron chi connectivity index (χ4n) is 3.12. The molecule has 1 fully saturated rings. The Balaban J connectivity index is 1.99. The molecule has 1 aromatic carbocycles. The molecule has 0 saturated carbocycles. The Labute approximate surface area is 139 Å². The summed E-state index contributed by atoms with van der Waals surface area (Å²) in [5, 5.41) is 0. The lowest BCUT2D eigenvalue weighted by molar-refractivity contribution is -0.133. The molecule has 1 heterocycles. The topological polar surface area (TPSA) is 54.5 Å². The van der Waals surface area contributed by atoms with Crippen molar-refractivity contribution in [3.8, 4) is 0 Å². The fraction of sp³-hybridized carbons (Fsp3) is 0.611. The van der Waals surface area contributed by atoms with Crippen LogP contribution in [0.5, 0.6) is 0 Å². The van der Waals surface area contributed by atoms with Gasteiger partial charge in [-0.15, -0.1) is 0 Å². The highest BCUT2D eigenvalue weighted by Gasteiger charge is 2.34. The van der Waals surface area contributed by atoms with E-state index in [9.17, 15) is 13.2 Å². The summed E-state index contributed by atoms with van der Waals surface area (Å²) in [5.41, 5.74) is 2.35. The molecule has 1 atom stereocenters. The van der Waals surface area contributed by atoms with E-state index in [1.807, 2.05) is 30.0 Å². The Kier molecular flexibility index (Phi) is 6.22. The number of benzene rings is 1. The van der Waals surface area contributed by atoms with Crippen LogP contribution < -0.4 is 0 Å². The van der Waals surface area contributed by atoms with Crippen molar-refractivity contribution in [3.63, 3.8) is 0 Å². The van der Waals surface area contributed by atoms with Gasteiger partial charge in [0.2, 0.25) is 5.91 Å². The van der Waals surface area contributed by atoms with Crippen molar-refractivity contribution in [2.24, 2.45) is 0 Å². The molecule has 0 N–H and O–H groups in total. The van der Waals surface area contributed by atoms with Crippen LogP contribution in [0.4, 0.5) is 0 Å². The quantitative estimate of drug-likeness (QED) is 0.769. The third-order valence-corrected chi connectivity index (χ3v) is 6.18. The lowest BCUT2D eigenvalue weighted by atomic mass is 10.1. The zero-order valence-corrected chi connectivity index (χ0v) is 14.9. The van der Waals surface area contributed by atoms with E-state index < -0.39 is 9.84 Å². The van der Waals surface area contributed by atoms with Gasteiger partial charge in [-0.05, 0) is 31.7 Å². The summed E-state index contributed by atoms with van der Waals surface area (Å²) in [5.74, 6) is 0.431. The van der Waals surface area contributed by atoms with Crippen LogP contribution in [0, 0.1) is 6.92 Å². The van der Waals surface area contributed by atoms with Gasteiger partial charge >= 0.3 is 0 Å². The van der Waals surface area contributed by atoms with Gasteiger partial charge in [0.25, 0.3) is 0 Å². The largest absolute Gasteiger partial charge is 0.339 e. The van der Waals surface area contributed by atoms with E-state index in [1.165, 1.54) is 5.56 Å². The van der Waals surface area contributed by atoms with Gasteiger partial charge in [0.05, 0.1) is 11.5 Å². The minimum absolute atomic E-state index is 0.0852. The maximum absolute atomic E-state index is 12.6. The summed E-state index contributed by atoms with van der Waals surface area (Å²) in [6.45, 7) is 4.80. The highest BCUT2D eigenvalue weighted by Crippen LogP contribution is 2.20. The fourth-order valence-corrected chi connectivity index (χ4v) is 4.85. The van der Waals surface area contributed by atoms with Crippen LogP contribution in [0.3, 0.4) is 0 Å². The van der Waals surface area contributed by atoms with Crippen molar-refractivity contribution in [2.45, 2.75) is 52.0 Å². The minimum atomic E-state index is -2.97. The average Bonchev–Trinajstić information content (AvgIpc) is 2.85. The molecule has 0 aliphatic carbocycles. The van der Waals surface area contributed by atoms with Gasteiger partial charge in [0.15, 0.2) is 9.84 Å². The first-order valence-electron chi connectivity index (χ1n) is 8.46. The highest BCUT2D eigenvalue weighted by atomic mass is 32.2. The number of hydrogen-bond donors (Lipinski definition) is 0. The number of nitrogens with zero attached hydrogens (tertiary/aromatic N) is 1. The normalized spacial score (nSPS) is 19.7. The van der Waals surface area contributed by atoms with Gasteiger partial charge in [0, 0.05) is 19.0 Å². The van der Waals surface area contributed by atoms with Crippen molar-refractivity contribution in [2.75, 3.05) is 18.1 Å². The van der Waals surface area contributed by atoms with Gasteiger partial charge in [-0.1, -0.05) is 43.2 Å². The Morgan fingerprint density at radius 3 is 2.74 bits per heavy atom. The Morgan fingerprint density at radius 1 is 1.35 bits per heavy atom. The molecule has 128 valence electrons. The Bertz CT molecular complexity index is 639. The minimum Gasteiger partial charge on any atom is -0.339 e. The predicted molar refractivity (Wildman–Crippen MR) is 93.2 cm³/mol. The third kappa shape index (κ3) is 5.34. The molecule has 5 heteroatoms. The number of rotatable bonds is 7. The summed E-state index contributed by atoms with van der Waals surface area (Å²) in [6.07, 6.45) is 3.67. The molecular weight excluding hydrogens is 310 g/mol. The van der Waals surface area contributed by atoms with Crippen LogP contribution in [0.25, 0.3) is 0 Å². The first-order valence-corrected chi connectivity index (χ1v) is 10.3. The van der Waals surface area contributed by atoms with Crippen molar-refractivity contribution in [1.82, 2.24) is 4.90 Å². The summed E-state index contributed by atoms with van der Waals surface area (Å²) in [4.78, 5) is 14.5. The summed E-state index contributed by atoms with van der Waals surface area (Å²) >= 11 is 0. The molecule has 0 radical (unpaired) electrons. The van der Waals surface area contributed by atoms with Crippen LogP contribution in [-0.2, 0) is 21.1 Å². The molecule has 1 aromatic rings. The molecule has 0 spiro atoms. The van der Waals surface area contributed by atoms with E-state index in [-0.39, 0.29) is 23.5 Å². The summed E-state index contributed by atoms with van der Waals surface area (Å²) < 4.78 is 23.4. The SMILES string of the molecule is CCCCN(C(=O)CCc1cccc(C)c1)C1CCS(=O)(=O)C1. The summed E-state index contributed by atoms with van der Waals surface area (Å²) in [7, 11) is -2.97. The van der Waals surface area contributed by atoms with Crippen LogP contribution in [-0.4, -0.2) is 43.3 Å². The molecule has 23 heavy (non-hydrogen) atoms. The molecule has 1 aliphatic rings. The maximum atomic E-state index is 12.6. The van der Waals surface area contributed by atoms with Crippen molar-refractivity contribution in [1.29, 1.82) is 0 Å². The smallest absolute Gasteiger partial charge is 0.223 e. The van der Waals surface area contributed by atoms with Gasteiger partial charge in [-0.25, -0.2) is 8.42 Å². The number of aryl methyl sites for hydroxylation is 2. The third-order valence-electron chi connectivity index (χ3n) is 4.43. The lowest BCUT2D eigenvalue weighted by Crippen LogP contribution is -2.41. The van der Waals surface area contributed by atoms with Crippen LogP contribution in [0.15, 0.2) is 24.3 Å². The molecule has 1 amide bonds. The highest BCUT2D eigenvalue weighted by molar-refractivity contribution is 7.91. The Hall–Kier alpha value is -1.36. The maximum Gasteiger partial charge on any atom is 0.223 e. The number of sulfone groups is 1. The first-order chi connectivity index (χ1) is 10.9. The molecule has 1 saturated heterocycles. The second kappa shape index (κ2) is 7.95. The van der Waals surface area contributed by atoms with E-state index >= 15 is 0 Å².